The largest absolute Gasteiger partial charge is 0.291 e. The van der Waals surface area contributed by atoms with E-state index in [1.807, 2.05) is 36.4 Å². The predicted molar refractivity (Wildman–Crippen MR) is 79.3 cm³/mol. The maximum atomic E-state index is 12.5. The molecule has 0 spiro atoms. The first kappa shape index (κ1) is 12.9. The molecule has 0 aromatic heterocycles. The number of hydrogen-bond donors (Lipinski definition) is 0. The van der Waals surface area contributed by atoms with Gasteiger partial charge in [0.25, 0.3) is 0 Å². The van der Waals surface area contributed by atoms with Crippen molar-refractivity contribution in [2.45, 2.75) is 6.04 Å². The van der Waals surface area contributed by atoms with Crippen molar-refractivity contribution in [3.8, 4) is 6.07 Å². The number of nitrogens with zero attached hydrogens (tertiary/aromatic N) is 3. The second-order valence-corrected chi connectivity index (χ2v) is 4.60. The van der Waals surface area contributed by atoms with Crippen LogP contribution >= 0.6 is 0 Å². The molecule has 2 aromatic rings. The minimum absolute atomic E-state index is 0.222. The van der Waals surface area contributed by atoms with Gasteiger partial charge in [0.15, 0.2) is 11.8 Å². The van der Waals surface area contributed by atoms with E-state index in [-0.39, 0.29) is 5.78 Å². The van der Waals surface area contributed by atoms with Gasteiger partial charge in [0.05, 0.1) is 17.3 Å². The number of carbonyl (C=O) groups excluding carboxylic acids is 1. The third-order valence-corrected chi connectivity index (χ3v) is 3.27. The summed E-state index contributed by atoms with van der Waals surface area (Å²) in [5, 5.41) is 17.3. The van der Waals surface area contributed by atoms with Gasteiger partial charge in [-0.1, -0.05) is 36.4 Å². The fourth-order valence-corrected chi connectivity index (χ4v) is 2.17. The van der Waals surface area contributed by atoms with Crippen molar-refractivity contribution < 1.29 is 4.79 Å². The highest BCUT2D eigenvalue weighted by Crippen LogP contribution is 2.25. The van der Waals surface area contributed by atoms with Gasteiger partial charge >= 0.3 is 0 Å². The van der Waals surface area contributed by atoms with Crippen LogP contribution in [-0.4, -0.2) is 11.8 Å². The van der Waals surface area contributed by atoms with E-state index in [0.29, 0.717) is 11.1 Å². The van der Waals surface area contributed by atoms with Gasteiger partial charge < -0.3 is 0 Å². The van der Waals surface area contributed by atoms with Crippen LogP contribution in [0.2, 0.25) is 0 Å². The van der Waals surface area contributed by atoms with Crippen LogP contribution in [0.5, 0.6) is 0 Å². The summed E-state index contributed by atoms with van der Waals surface area (Å²) in [6.45, 7) is 0. The lowest BCUT2D eigenvalue weighted by molar-refractivity contribution is 0.0977. The maximum absolute atomic E-state index is 12.5. The summed E-state index contributed by atoms with van der Waals surface area (Å²) in [5.74, 6) is -0.222. The Balaban J connectivity index is 1.96. The van der Waals surface area contributed by atoms with Crippen molar-refractivity contribution in [1.29, 1.82) is 5.26 Å². The Bertz CT molecular complexity index is 767. The van der Waals surface area contributed by atoms with E-state index in [0.717, 1.165) is 11.3 Å². The van der Waals surface area contributed by atoms with Gasteiger partial charge in [-0.2, -0.15) is 15.5 Å². The van der Waals surface area contributed by atoms with Gasteiger partial charge in [-0.15, -0.1) is 0 Å². The van der Waals surface area contributed by atoms with E-state index in [1.165, 1.54) is 0 Å². The summed E-state index contributed by atoms with van der Waals surface area (Å²) in [5.41, 5.74) is 2.38. The number of carbonyl (C=O) groups is 1. The van der Waals surface area contributed by atoms with Gasteiger partial charge in [0, 0.05) is 11.1 Å². The third-order valence-electron chi connectivity index (χ3n) is 3.27. The maximum Gasteiger partial charge on any atom is 0.194 e. The molecule has 3 rings (SSSR count). The van der Waals surface area contributed by atoms with Gasteiger partial charge in [-0.25, -0.2) is 0 Å². The van der Waals surface area contributed by atoms with E-state index in [2.05, 4.69) is 10.2 Å². The quantitative estimate of drug-likeness (QED) is 0.778. The normalized spacial score (nSPS) is 15.9. The molecule has 0 saturated heterocycles. The predicted octanol–water partition coefficient (Wildman–Crippen LogP) is 3.92. The average molecular weight is 273 g/mol. The van der Waals surface area contributed by atoms with E-state index in [1.54, 1.807) is 30.3 Å². The summed E-state index contributed by atoms with van der Waals surface area (Å²) in [7, 11) is 0. The van der Waals surface area contributed by atoms with Gasteiger partial charge in [0.1, 0.15) is 0 Å². The SMILES string of the molecule is N#Cc1ccccc1C(=O)C1C=Cc2ccccc2N=N1. The first-order valence-electron chi connectivity index (χ1n) is 6.51. The molecular formula is C17H11N3O. The minimum Gasteiger partial charge on any atom is -0.291 e. The van der Waals surface area contributed by atoms with Crippen LogP contribution in [0.3, 0.4) is 0 Å². The van der Waals surface area contributed by atoms with E-state index < -0.39 is 6.04 Å². The lowest BCUT2D eigenvalue weighted by atomic mass is 9.99. The fraction of sp³-hybridized carbons (Fsp3) is 0.0588. The number of benzene rings is 2. The second-order valence-electron chi connectivity index (χ2n) is 4.60. The first-order chi connectivity index (χ1) is 10.3. The number of Topliss-reactive ketones (excluding diaryl/α,β-unsaturated/α-hetero) is 1. The first-order valence-corrected chi connectivity index (χ1v) is 6.51. The smallest absolute Gasteiger partial charge is 0.194 e. The number of hydrogen-bond acceptors (Lipinski definition) is 4. The van der Waals surface area contributed by atoms with Crippen LogP contribution in [0.15, 0.2) is 64.8 Å². The molecule has 2 aromatic carbocycles. The molecule has 0 saturated carbocycles. The summed E-state index contributed by atoms with van der Waals surface area (Å²) in [4.78, 5) is 12.5. The summed E-state index contributed by atoms with van der Waals surface area (Å²) >= 11 is 0. The van der Waals surface area contributed by atoms with Gasteiger partial charge in [-0.3, -0.25) is 4.79 Å². The van der Waals surface area contributed by atoms with E-state index in [4.69, 9.17) is 5.26 Å². The zero-order valence-corrected chi connectivity index (χ0v) is 11.1. The third kappa shape index (κ3) is 2.49. The zero-order valence-electron chi connectivity index (χ0n) is 11.1. The molecule has 1 unspecified atom stereocenters. The molecule has 1 heterocycles. The lowest BCUT2D eigenvalue weighted by Gasteiger charge is -2.06. The monoisotopic (exact) mass is 273 g/mol. The standard InChI is InChI=1S/C17H11N3O/c18-11-13-6-1-3-7-14(13)17(21)16-10-9-12-5-2-4-8-15(12)19-20-16/h1-10,16H. The number of nitriles is 1. The molecule has 1 aliphatic heterocycles. The molecule has 21 heavy (non-hydrogen) atoms. The molecule has 0 N–H and O–H groups in total. The van der Waals surface area contributed by atoms with E-state index in [9.17, 15) is 4.79 Å². The number of azo groups is 1. The summed E-state index contributed by atoms with van der Waals surface area (Å²) in [6.07, 6.45) is 3.55. The van der Waals surface area contributed by atoms with Crippen LogP contribution < -0.4 is 0 Å². The number of fused-ring (bicyclic) bond motifs is 1. The summed E-state index contributed by atoms with van der Waals surface area (Å²) < 4.78 is 0. The molecular weight excluding hydrogens is 262 g/mol. The topological polar surface area (TPSA) is 65.6 Å². The molecule has 0 amide bonds. The molecule has 1 atom stereocenters. The molecule has 100 valence electrons. The van der Waals surface area contributed by atoms with Crippen molar-refractivity contribution in [3.63, 3.8) is 0 Å². The van der Waals surface area contributed by atoms with Gasteiger partial charge in [0.2, 0.25) is 0 Å². The Labute approximate surface area is 122 Å². The van der Waals surface area contributed by atoms with E-state index >= 15 is 0 Å². The van der Waals surface area contributed by atoms with Crippen molar-refractivity contribution in [2.75, 3.05) is 0 Å². The highest BCUT2D eigenvalue weighted by atomic mass is 16.1. The fourth-order valence-electron chi connectivity index (χ4n) is 2.17. The number of ketones is 1. The van der Waals surface area contributed by atoms with Crippen LogP contribution in [0.1, 0.15) is 21.5 Å². The van der Waals surface area contributed by atoms with Crippen molar-refractivity contribution in [1.82, 2.24) is 0 Å². The average Bonchev–Trinajstić information content (AvgIpc) is 2.77. The Morgan fingerprint density at radius 2 is 1.86 bits per heavy atom. The molecule has 1 aliphatic rings. The van der Waals surface area contributed by atoms with Gasteiger partial charge in [-0.05, 0) is 24.3 Å². The van der Waals surface area contributed by atoms with Crippen LogP contribution in [0.4, 0.5) is 5.69 Å². The van der Waals surface area contributed by atoms with Crippen LogP contribution in [-0.2, 0) is 0 Å². The molecule has 0 radical (unpaired) electrons. The highest BCUT2D eigenvalue weighted by molar-refractivity contribution is 6.03. The highest BCUT2D eigenvalue weighted by Gasteiger charge is 2.21. The molecule has 0 fully saturated rings. The van der Waals surface area contributed by atoms with Crippen molar-refractivity contribution in [3.05, 3.63) is 71.3 Å². The molecule has 4 nitrogen and oxygen atoms in total. The molecule has 0 bridgehead atoms. The van der Waals surface area contributed by atoms with Crippen LogP contribution in [0.25, 0.3) is 6.08 Å². The Hall–Kier alpha value is -3.06. The Kier molecular flexibility index (Phi) is 3.40. The van der Waals surface area contributed by atoms with Crippen molar-refractivity contribution >= 4 is 17.5 Å². The van der Waals surface area contributed by atoms with Crippen molar-refractivity contribution in [2.24, 2.45) is 10.2 Å². The summed E-state index contributed by atoms with van der Waals surface area (Å²) in [6, 6.07) is 15.6. The molecule has 4 heteroatoms. The number of rotatable bonds is 2. The Morgan fingerprint density at radius 1 is 1.10 bits per heavy atom. The lowest BCUT2D eigenvalue weighted by Crippen LogP contribution is -2.16. The Morgan fingerprint density at radius 3 is 2.71 bits per heavy atom. The van der Waals surface area contributed by atoms with Crippen LogP contribution in [0, 0.1) is 11.3 Å². The minimum atomic E-state index is -0.702. The second kappa shape index (κ2) is 5.51. The molecule has 0 aliphatic carbocycles. The zero-order chi connectivity index (χ0) is 14.7.